The molecular weight excluding hydrogens is 403 g/mol. The van der Waals surface area contributed by atoms with Gasteiger partial charge in [-0.1, -0.05) is 24.3 Å². The molecule has 1 N–H and O–H groups in total. The van der Waals surface area contributed by atoms with Gasteiger partial charge in [-0.05, 0) is 24.3 Å². The highest BCUT2D eigenvalue weighted by molar-refractivity contribution is 6.61. The molecule has 8 rings (SSSR count). The molecule has 4 fully saturated rings. The fraction of sp³-hybridized carbons (Fsp3) is 0.300. The first-order chi connectivity index (χ1) is 15.1. The molecule has 31 heavy (non-hydrogen) atoms. The number of para-hydroxylation sites is 2. The van der Waals surface area contributed by atoms with E-state index in [-0.39, 0.29) is 22.6 Å². The Balaban J connectivity index is 0.000000153. The van der Waals surface area contributed by atoms with Gasteiger partial charge in [0.2, 0.25) is 0 Å². The number of nitrogens with one attached hydrogen (secondary N) is 1. The smallest absolute Gasteiger partial charge is 0.610 e. The lowest BCUT2D eigenvalue weighted by Crippen LogP contribution is -3.21. The SMILES string of the molecule is C1N2CN3CN1C[NH+](C2)C3.O=C1O[B-]2(OC(=O)c3ccccc3O2)Oc2ccccc21. The molecular formula is C20H21BN4O6. The zero-order valence-electron chi connectivity index (χ0n) is 16.7. The van der Waals surface area contributed by atoms with E-state index in [2.05, 4.69) is 14.7 Å². The first-order valence-corrected chi connectivity index (χ1v) is 10.2. The number of quaternary nitrogens is 1. The Morgan fingerprint density at radius 1 is 0.645 bits per heavy atom. The van der Waals surface area contributed by atoms with E-state index >= 15 is 0 Å². The third kappa shape index (κ3) is 3.31. The van der Waals surface area contributed by atoms with Crippen LogP contribution in [0.3, 0.4) is 0 Å². The van der Waals surface area contributed by atoms with Gasteiger partial charge in [0.15, 0.2) is 0 Å². The van der Waals surface area contributed by atoms with Gasteiger partial charge >= 0.3 is 18.9 Å². The molecule has 0 atom stereocenters. The minimum absolute atomic E-state index is 0.251. The molecule has 6 aliphatic rings. The monoisotopic (exact) mass is 424 g/mol. The summed E-state index contributed by atoms with van der Waals surface area (Å²) >= 11 is 0. The van der Waals surface area contributed by atoms with E-state index in [4.69, 9.17) is 18.6 Å². The van der Waals surface area contributed by atoms with Crippen molar-refractivity contribution < 1.29 is 33.1 Å². The third-order valence-corrected chi connectivity index (χ3v) is 5.80. The zero-order valence-corrected chi connectivity index (χ0v) is 16.7. The molecule has 0 saturated carbocycles. The van der Waals surface area contributed by atoms with Crippen LogP contribution in [0.2, 0.25) is 0 Å². The van der Waals surface area contributed by atoms with Crippen molar-refractivity contribution in [3.8, 4) is 11.5 Å². The molecule has 1 spiro atoms. The number of carbonyl (C=O) groups is 2. The molecule has 0 radical (unpaired) electrons. The Bertz CT molecular complexity index is 943. The van der Waals surface area contributed by atoms with Crippen LogP contribution >= 0.6 is 0 Å². The molecule has 11 heteroatoms. The predicted octanol–water partition coefficient (Wildman–Crippen LogP) is -0.516. The lowest BCUT2D eigenvalue weighted by Gasteiger charge is -2.53. The van der Waals surface area contributed by atoms with Crippen molar-refractivity contribution in [1.29, 1.82) is 0 Å². The Labute approximate surface area is 178 Å². The Kier molecular flexibility index (Phi) is 4.18. The first kappa shape index (κ1) is 18.6. The molecule has 0 aromatic heterocycles. The van der Waals surface area contributed by atoms with E-state index in [1.807, 2.05) is 0 Å². The van der Waals surface area contributed by atoms with Crippen LogP contribution < -0.4 is 14.2 Å². The average molecular weight is 424 g/mol. The van der Waals surface area contributed by atoms with Gasteiger partial charge in [-0.25, -0.2) is 14.7 Å². The Hall–Kier alpha value is -3.12. The summed E-state index contributed by atoms with van der Waals surface area (Å²) in [7, 11) is 0. The largest absolute Gasteiger partial charge is 0.781 e. The maximum atomic E-state index is 12.0. The molecule has 2 aromatic carbocycles. The second-order valence-corrected chi connectivity index (χ2v) is 8.28. The lowest BCUT2D eigenvalue weighted by molar-refractivity contribution is -0.958. The van der Waals surface area contributed by atoms with Crippen LogP contribution in [0.25, 0.3) is 0 Å². The minimum Gasteiger partial charge on any atom is -0.610 e. The third-order valence-electron chi connectivity index (χ3n) is 5.80. The van der Waals surface area contributed by atoms with Gasteiger partial charge in [0, 0.05) is 0 Å². The van der Waals surface area contributed by atoms with Gasteiger partial charge in [-0.2, -0.15) is 0 Å². The maximum Gasteiger partial charge on any atom is 0.781 e. The maximum absolute atomic E-state index is 12.0. The highest BCUT2D eigenvalue weighted by atomic mass is 16.9. The molecule has 6 heterocycles. The van der Waals surface area contributed by atoms with Crippen molar-refractivity contribution >= 4 is 18.9 Å². The lowest BCUT2D eigenvalue weighted by atomic mass is 9.96. The standard InChI is InChI=1S/C14H8BO6.C6H12N4/c16-13-9-5-1-3-7-11(9)18-15(20-13)19-12-8-4-2-6-10(12)14(17)21-15;1-7-2-9-4-8(1)5-10(3-7)6-9/h1-8H;1-6H2/q-1;/p+1. The van der Waals surface area contributed by atoms with Crippen LogP contribution in [0.15, 0.2) is 48.5 Å². The van der Waals surface area contributed by atoms with Crippen molar-refractivity contribution in [2.75, 3.05) is 40.0 Å². The van der Waals surface area contributed by atoms with Crippen LogP contribution in [0.1, 0.15) is 20.7 Å². The second-order valence-electron chi connectivity index (χ2n) is 8.28. The highest BCUT2D eigenvalue weighted by Crippen LogP contribution is 2.35. The molecule has 160 valence electrons. The quantitative estimate of drug-likeness (QED) is 0.562. The number of carbonyl (C=O) groups excluding carboxylic acids is 2. The fourth-order valence-electron chi connectivity index (χ4n) is 4.70. The highest BCUT2D eigenvalue weighted by Gasteiger charge is 2.52. The Morgan fingerprint density at radius 3 is 1.48 bits per heavy atom. The molecule has 4 bridgehead atoms. The Morgan fingerprint density at radius 2 is 1.06 bits per heavy atom. The summed E-state index contributed by atoms with van der Waals surface area (Å²) in [6, 6.07) is 13.0. The van der Waals surface area contributed by atoms with Crippen molar-refractivity contribution in [1.82, 2.24) is 14.7 Å². The predicted molar refractivity (Wildman–Crippen MR) is 106 cm³/mol. The van der Waals surface area contributed by atoms with Gasteiger partial charge in [-0.3, -0.25) is 14.5 Å². The summed E-state index contributed by atoms with van der Waals surface area (Å²) in [5.74, 6) is -0.824. The van der Waals surface area contributed by atoms with Gasteiger partial charge < -0.3 is 18.6 Å². The molecule has 2 aromatic rings. The number of hydrogen-bond donors (Lipinski definition) is 1. The van der Waals surface area contributed by atoms with Crippen LogP contribution in [0, 0.1) is 0 Å². The van der Waals surface area contributed by atoms with E-state index in [1.165, 1.54) is 40.0 Å². The molecule has 0 amide bonds. The molecule has 10 nitrogen and oxygen atoms in total. The van der Waals surface area contributed by atoms with Gasteiger partial charge in [0.1, 0.15) is 20.0 Å². The minimum atomic E-state index is -2.97. The van der Waals surface area contributed by atoms with Crippen molar-refractivity contribution in [2.45, 2.75) is 0 Å². The van der Waals surface area contributed by atoms with E-state index in [1.54, 1.807) is 53.4 Å². The summed E-state index contributed by atoms with van der Waals surface area (Å²) in [6.07, 6.45) is 0. The summed E-state index contributed by atoms with van der Waals surface area (Å²) in [4.78, 5) is 33.3. The van der Waals surface area contributed by atoms with Crippen LogP contribution in [0.5, 0.6) is 11.5 Å². The van der Waals surface area contributed by atoms with Crippen LogP contribution in [0.4, 0.5) is 0 Å². The normalized spacial score (nSPS) is 30.6. The summed E-state index contributed by atoms with van der Waals surface area (Å²) in [5.41, 5.74) is 0.506. The van der Waals surface area contributed by atoms with Crippen LogP contribution in [-0.2, 0) is 9.31 Å². The van der Waals surface area contributed by atoms with E-state index < -0.39 is 18.9 Å². The van der Waals surface area contributed by atoms with Gasteiger partial charge in [0.25, 0.3) is 0 Å². The van der Waals surface area contributed by atoms with E-state index in [0.29, 0.717) is 0 Å². The average Bonchev–Trinajstić information content (AvgIpc) is 2.73. The van der Waals surface area contributed by atoms with E-state index in [9.17, 15) is 9.59 Å². The fourth-order valence-corrected chi connectivity index (χ4v) is 4.70. The van der Waals surface area contributed by atoms with Crippen molar-refractivity contribution in [3.63, 3.8) is 0 Å². The first-order valence-electron chi connectivity index (χ1n) is 10.2. The summed E-state index contributed by atoms with van der Waals surface area (Å²) in [6.45, 7) is 4.47. The summed E-state index contributed by atoms with van der Waals surface area (Å²) < 4.78 is 21.2. The second kappa shape index (κ2) is 6.96. The molecule has 4 saturated heterocycles. The number of rotatable bonds is 0. The van der Waals surface area contributed by atoms with Gasteiger partial charge in [0.05, 0.1) is 42.6 Å². The number of nitrogens with zero attached hydrogens (tertiary/aromatic N) is 3. The number of fused-ring (bicyclic) bond motifs is 2. The van der Waals surface area contributed by atoms with Crippen molar-refractivity contribution in [3.05, 3.63) is 59.7 Å². The van der Waals surface area contributed by atoms with Gasteiger partial charge in [-0.15, -0.1) is 0 Å². The van der Waals surface area contributed by atoms with Crippen molar-refractivity contribution in [2.24, 2.45) is 0 Å². The zero-order chi connectivity index (χ0) is 21.0. The van der Waals surface area contributed by atoms with Crippen LogP contribution in [-0.4, -0.2) is 73.6 Å². The number of benzene rings is 2. The molecule has 0 aliphatic carbocycles. The molecule has 0 unspecified atom stereocenters. The molecule has 6 aliphatic heterocycles. The number of hydrogen-bond acceptors (Lipinski definition) is 9. The van der Waals surface area contributed by atoms with E-state index in [0.717, 1.165) is 0 Å². The topological polar surface area (TPSA) is 85.2 Å². The summed E-state index contributed by atoms with van der Waals surface area (Å²) in [5, 5.41) is 0.